The summed E-state index contributed by atoms with van der Waals surface area (Å²) in [4.78, 5) is 4.22. The van der Waals surface area contributed by atoms with Crippen molar-refractivity contribution in [3.63, 3.8) is 0 Å². The zero-order valence-corrected chi connectivity index (χ0v) is 7.64. The van der Waals surface area contributed by atoms with E-state index >= 15 is 0 Å². The molecule has 1 aromatic heterocycles. The predicted octanol–water partition coefficient (Wildman–Crippen LogP) is 2.32. The average Bonchev–Trinajstić information content (AvgIpc) is 2.49. The molecule has 0 saturated carbocycles. The molecule has 2 nitrogen and oxygen atoms in total. The van der Waals surface area contributed by atoms with Crippen LogP contribution in [0, 0.1) is 0 Å². The largest absolute Gasteiger partial charge is 0.324 e. The molecule has 12 heavy (non-hydrogen) atoms. The quantitative estimate of drug-likeness (QED) is 0.727. The van der Waals surface area contributed by atoms with Crippen LogP contribution in [0.2, 0.25) is 0 Å². The minimum Gasteiger partial charge on any atom is -0.324 e. The number of fused-ring (bicyclic) bond motifs is 1. The Morgan fingerprint density at radius 2 is 2.33 bits per heavy atom. The van der Waals surface area contributed by atoms with E-state index in [1.165, 1.54) is 4.70 Å². The SMILES string of the molecule is C[C@H](N)c1ccc2scnc2c1. The van der Waals surface area contributed by atoms with Crippen LogP contribution in [0.4, 0.5) is 0 Å². The maximum Gasteiger partial charge on any atom is 0.0815 e. The molecule has 62 valence electrons. The van der Waals surface area contributed by atoms with Gasteiger partial charge in [-0.2, -0.15) is 0 Å². The Balaban J connectivity index is 2.60. The summed E-state index contributed by atoms with van der Waals surface area (Å²) in [6.45, 7) is 1.98. The Morgan fingerprint density at radius 1 is 1.50 bits per heavy atom. The van der Waals surface area contributed by atoms with Crippen molar-refractivity contribution < 1.29 is 0 Å². The summed E-state index contributed by atoms with van der Waals surface area (Å²) in [6.07, 6.45) is 0. The molecule has 0 aliphatic carbocycles. The van der Waals surface area contributed by atoms with Gasteiger partial charge in [0.25, 0.3) is 0 Å². The lowest BCUT2D eigenvalue weighted by atomic mass is 10.1. The van der Waals surface area contributed by atoms with Crippen LogP contribution in [0.1, 0.15) is 18.5 Å². The highest BCUT2D eigenvalue weighted by Gasteiger charge is 2.01. The normalized spacial score (nSPS) is 13.5. The zero-order chi connectivity index (χ0) is 8.55. The van der Waals surface area contributed by atoms with Gasteiger partial charge in [-0.1, -0.05) is 6.07 Å². The van der Waals surface area contributed by atoms with Gasteiger partial charge in [0.05, 0.1) is 15.7 Å². The molecule has 1 atom stereocenters. The summed E-state index contributed by atoms with van der Waals surface area (Å²) in [5.74, 6) is 0. The lowest BCUT2D eigenvalue weighted by molar-refractivity contribution is 0.820. The molecule has 2 aromatic rings. The lowest BCUT2D eigenvalue weighted by Crippen LogP contribution is -2.04. The summed E-state index contributed by atoms with van der Waals surface area (Å²) in [7, 11) is 0. The maximum absolute atomic E-state index is 5.75. The van der Waals surface area contributed by atoms with Gasteiger partial charge < -0.3 is 5.73 Å². The average molecular weight is 178 g/mol. The first-order valence-electron chi connectivity index (χ1n) is 3.86. The van der Waals surface area contributed by atoms with Crippen molar-refractivity contribution in [3.05, 3.63) is 29.3 Å². The van der Waals surface area contributed by atoms with Crippen LogP contribution >= 0.6 is 11.3 Å². The van der Waals surface area contributed by atoms with Gasteiger partial charge in [0, 0.05) is 6.04 Å². The number of hydrogen-bond donors (Lipinski definition) is 1. The maximum atomic E-state index is 5.75. The third-order valence-electron chi connectivity index (χ3n) is 1.88. The number of nitrogens with zero attached hydrogens (tertiary/aromatic N) is 1. The van der Waals surface area contributed by atoms with Crippen molar-refractivity contribution in [1.29, 1.82) is 0 Å². The fraction of sp³-hybridized carbons (Fsp3) is 0.222. The standard InChI is InChI=1S/C9H10N2S/c1-6(10)7-2-3-9-8(4-7)11-5-12-9/h2-6H,10H2,1H3/t6-/m0/s1. The zero-order valence-electron chi connectivity index (χ0n) is 6.82. The van der Waals surface area contributed by atoms with Crippen LogP contribution in [0.3, 0.4) is 0 Å². The van der Waals surface area contributed by atoms with Gasteiger partial charge in [-0.3, -0.25) is 0 Å². The molecule has 0 spiro atoms. The van der Waals surface area contributed by atoms with Crippen molar-refractivity contribution in [1.82, 2.24) is 4.98 Å². The number of benzene rings is 1. The van der Waals surface area contributed by atoms with E-state index in [0.29, 0.717) is 0 Å². The monoisotopic (exact) mass is 178 g/mol. The van der Waals surface area contributed by atoms with Gasteiger partial charge in [-0.05, 0) is 24.6 Å². The Hall–Kier alpha value is -0.930. The highest BCUT2D eigenvalue weighted by molar-refractivity contribution is 7.16. The lowest BCUT2D eigenvalue weighted by Gasteiger charge is -2.03. The summed E-state index contributed by atoms with van der Waals surface area (Å²) < 4.78 is 1.22. The smallest absolute Gasteiger partial charge is 0.0815 e. The minimum atomic E-state index is 0.0936. The fourth-order valence-electron chi connectivity index (χ4n) is 1.16. The molecule has 2 N–H and O–H groups in total. The molecule has 1 heterocycles. The molecule has 3 heteroatoms. The summed E-state index contributed by atoms with van der Waals surface area (Å²) >= 11 is 1.66. The summed E-state index contributed by atoms with van der Waals surface area (Å²) in [5.41, 5.74) is 9.80. The fourth-order valence-corrected chi connectivity index (χ4v) is 1.82. The first kappa shape index (κ1) is 7.71. The summed E-state index contributed by atoms with van der Waals surface area (Å²) in [5, 5.41) is 0. The molecule has 2 rings (SSSR count). The first-order chi connectivity index (χ1) is 5.77. The minimum absolute atomic E-state index is 0.0936. The number of nitrogens with two attached hydrogens (primary N) is 1. The van der Waals surface area contributed by atoms with E-state index in [-0.39, 0.29) is 6.04 Å². The van der Waals surface area contributed by atoms with Gasteiger partial charge in [0.1, 0.15) is 0 Å². The van der Waals surface area contributed by atoms with E-state index in [2.05, 4.69) is 23.2 Å². The first-order valence-corrected chi connectivity index (χ1v) is 4.74. The van der Waals surface area contributed by atoms with Crippen molar-refractivity contribution in [2.45, 2.75) is 13.0 Å². The van der Waals surface area contributed by atoms with Crippen LogP contribution in [-0.2, 0) is 0 Å². The highest BCUT2D eigenvalue weighted by Crippen LogP contribution is 2.21. The van der Waals surface area contributed by atoms with Crippen molar-refractivity contribution >= 4 is 21.6 Å². The third-order valence-corrected chi connectivity index (χ3v) is 2.69. The van der Waals surface area contributed by atoms with E-state index < -0.39 is 0 Å². The Morgan fingerprint density at radius 3 is 3.08 bits per heavy atom. The van der Waals surface area contributed by atoms with Crippen molar-refractivity contribution in [3.8, 4) is 0 Å². The molecule has 0 aliphatic heterocycles. The number of hydrogen-bond acceptors (Lipinski definition) is 3. The number of rotatable bonds is 1. The van der Waals surface area contributed by atoms with Gasteiger partial charge in [-0.25, -0.2) is 4.98 Å². The van der Waals surface area contributed by atoms with E-state index in [1.54, 1.807) is 11.3 Å². The third kappa shape index (κ3) is 1.21. The molecule has 0 radical (unpaired) electrons. The van der Waals surface area contributed by atoms with Crippen LogP contribution in [0.15, 0.2) is 23.7 Å². The van der Waals surface area contributed by atoms with Crippen LogP contribution in [-0.4, -0.2) is 4.98 Å². The molecule has 0 saturated heterocycles. The Labute approximate surface area is 75.0 Å². The van der Waals surface area contributed by atoms with Crippen molar-refractivity contribution in [2.24, 2.45) is 5.73 Å². The second-order valence-corrected chi connectivity index (χ2v) is 3.75. The van der Waals surface area contributed by atoms with E-state index in [4.69, 9.17) is 5.73 Å². The number of aromatic nitrogens is 1. The Kier molecular flexibility index (Phi) is 1.83. The molecular formula is C9H10N2S. The number of thiazole rings is 1. The second kappa shape index (κ2) is 2.84. The van der Waals surface area contributed by atoms with Crippen molar-refractivity contribution in [2.75, 3.05) is 0 Å². The molecule has 0 unspecified atom stereocenters. The van der Waals surface area contributed by atoms with Crippen LogP contribution in [0.5, 0.6) is 0 Å². The summed E-state index contributed by atoms with van der Waals surface area (Å²) in [6, 6.07) is 6.28. The van der Waals surface area contributed by atoms with Crippen LogP contribution in [0.25, 0.3) is 10.2 Å². The highest BCUT2D eigenvalue weighted by atomic mass is 32.1. The van der Waals surface area contributed by atoms with Gasteiger partial charge in [-0.15, -0.1) is 11.3 Å². The van der Waals surface area contributed by atoms with E-state index in [9.17, 15) is 0 Å². The molecule has 0 bridgehead atoms. The van der Waals surface area contributed by atoms with E-state index in [0.717, 1.165) is 11.1 Å². The van der Waals surface area contributed by atoms with Gasteiger partial charge in [0.2, 0.25) is 0 Å². The topological polar surface area (TPSA) is 38.9 Å². The molecule has 1 aromatic carbocycles. The molecular weight excluding hydrogens is 168 g/mol. The van der Waals surface area contributed by atoms with Gasteiger partial charge in [0.15, 0.2) is 0 Å². The molecule has 0 aliphatic rings. The predicted molar refractivity (Wildman–Crippen MR) is 52.2 cm³/mol. The van der Waals surface area contributed by atoms with Crippen LogP contribution < -0.4 is 5.73 Å². The van der Waals surface area contributed by atoms with Gasteiger partial charge >= 0.3 is 0 Å². The molecule has 0 amide bonds. The Bertz CT molecular complexity index is 392. The molecule has 0 fully saturated rings. The van der Waals surface area contributed by atoms with E-state index in [1.807, 2.05) is 12.4 Å². The second-order valence-electron chi connectivity index (χ2n) is 2.87.